The second-order valence-corrected chi connectivity index (χ2v) is 5.78. The Morgan fingerprint density at radius 2 is 2.50 bits per heavy atom. The average molecular weight is 228 g/mol. The summed E-state index contributed by atoms with van der Waals surface area (Å²) in [5.41, 5.74) is 1.23. The van der Waals surface area contributed by atoms with Crippen LogP contribution in [0.3, 0.4) is 0 Å². The number of aromatic nitrogens is 1. The number of hydrogen-bond acceptors (Lipinski definition) is 4. The van der Waals surface area contributed by atoms with E-state index in [1.165, 1.54) is 22.9 Å². The van der Waals surface area contributed by atoms with Crippen LogP contribution in [0.25, 0.3) is 0 Å². The largest absolute Gasteiger partial charge is 0.298 e. The summed E-state index contributed by atoms with van der Waals surface area (Å²) in [5.74, 6) is 1.25. The van der Waals surface area contributed by atoms with Gasteiger partial charge >= 0.3 is 0 Å². The van der Waals surface area contributed by atoms with Crippen LogP contribution >= 0.6 is 23.1 Å². The van der Waals surface area contributed by atoms with Crippen LogP contribution in [0.4, 0.5) is 0 Å². The first-order valence-corrected chi connectivity index (χ1v) is 7.04. The third-order valence-electron chi connectivity index (χ3n) is 2.41. The zero-order chi connectivity index (χ0) is 9.97. The van der Waals surface area contributed by atoms with Gasteiger partial charge in [-0.05, 0) is 25.5 Å². The maximum absolute atomic E-state index is 4.62. The molecule has 0 spiro atoms. The Balaban J connectivity index is 2.06. The van der Waals surface area contributed by atoms with Crippen LogP contribution in [0.5, 0.6) is 0 Å². The molecule has 0 saturated carbocycles. The summed E-state index contributed by atoms with van der Waals surface area (Å²) < 4.78 is 0. The Hall–Kier alpha value is -0.0600. The number of nitrogens with zero attached hydrogens (tertiary/aromatic N) is 1. The number of hydrogen-bond donors (Lipinski definition) is 1. The van der Waals surface area contributed by atoms with Gasteiger partial charge in [0.2, 0.25) is 0 Å². The Morgan fingerprint density at radius 3 is 3.14 bits per heavy atom. The molecule has 2 nitrogen and oxygen atoms in total. The highest BCUT2D eigenvalue weighted by molar-refractivity contribution is 7.99. The average Bonchev–Trinajstić information content (AvgIpc) is 2.66. The molecule has 4 heteroatoms. The third kappa shape index (κ3) is 2.30. The molecule has 1 aromatic heterocycles. The van der Waals surface area contributed by atoms with Gasteiger partial charge in [-0.15, -0.1) is 23.1 Å². The van der Waals surface area contributed by atoms with Gasteiger partial charge in [0.15, 0.2) is 0 Å². The van der Waals surface area contributed by atoms with Crippen LogP contribution in [-0.2, 0) is 6.42 Å². The van der Waals surface area contributed by atoms with Gasteiger partial charge in [0.25, 0.3) is 0 Å². The van der Waals surface area contributed by atoms with E-state index >= 15 is 0 Å². The molecule has 0 aromatic carbocycles. The van der Waals surface area contributed by atoms with E-state index in [0.29, 0.717) is 11.4 Å². The lowest BCUT2D eigenvalue weighted by Crippen LogP contribution is -2.33. The van der Waals surface area contributed by atoms with E-state index in [1.807, 2.05) is 11.8 Å². The van der Waals surface area contributed by atoms with Gasteiger partial charge in [-0.25, -0.2) is 4.98 Å². The minimum Gasteiger partial charge on any atom is -0.298 e. The van der Waals surface area contributed by atoms with Gasteiger partial charge in [0, 0.05) is 11.4 Å². The van der Waals surface area contributed by atoms with Crippen molar-refractivity contribution in [2.24, 2.45) is 0 Å². The highest BCUT2D eigenvalue weighted by atomic mass is 32.2. The fourth-order valence-electron chi connectivity index (χ4n) is 1.53. The molecule has 0 bridgehead atoms. The van der Waals surface area contributed by atoms with Crippen LogP contribution in [0.15, 0.2) is 5.38 Å². The first-order valence-electron chi connectivity index (χ1n) is 5.11. The van der Waals surface area contributed by atoms with Crippen molar-refractivity contribution in [2.75, 3.05) is 5.75 Å². The quantitative estimate of drug-likeness (QED) is 0.842. The predicted molar refractivity (Wildman–Crippen MR) is 63.9 cm³/mol. The fraction of sp³-hybridized carbons (Fsp3) is 0.700. The first kappa shape index (κ1) is 10.5. The van der Waals surface area contributed by atoms with E-state index < -0.39 is 0 Å². The van der Waals surface area contributed by atoms with Crippen LogP contribution < -0.4 is 5.32 Å². The summed E-state index contributed by atoms with van der Waals surface area (Å²) in [6.45, 7) is 4.41. The van der Waals surface area contributed by atoms with E-state index in [1.54, 1.807) is 11.3 Å². The molecule has 0 radical (unpaired) electrons. The second kappa shape index (κ2) is 4.64. The molecule has 0 amide bonds. The lowest BCUT2D eigenvalue weighted by atomic mass is 10.2. The number of thiazole rings is 1. The van der Waals surface area contributed by atoms with Crippen molar-refractivity contribution in [3.05, 3.63) is 16.1 Å². The first-order chi connectivity index (χ1) is 6.79. The third-order valence-corrected chi connectivity index (χ3v) is 4.61. The van der Waals surface area contributed by atoms with Crippen molar-refractivity contribution in [1.29, 1.82) is 0 Å². The van der Waals surface area contributed by atoms with Gasteiger partial charge in [0.1, 0.15) is 0 Å². The van der Waals surface area contributed by atoms with E-state index in [0.717, 1.165) is 6.42 Å². The highest BCUT2D eigenvalue weighted by Crippen LogP contribution is 2.31. The zero-order valence-electron chi connectivity index (χ0n) is 8.62. The van der Waals surface area contributed by atoms with E-state index in [4.69, 9.17) is 0 Å². The van der Waals surface area contributed by atoms with Crippen molar-refractivity contribution >= 4 is 23.1 Å². The summed E-state index contributed by atoms with van der Waals surface area (Å²) in [7, 11) is 0. The molecule has 78 valence electrons. The van der Waals surface area contributed by atoms with Crippen molar-refractivity contribution in [3.63, 3.8) is 0 Å². The van der Waals surface area contributed by atoms with Crippen LogP contribution in [0, 0.1) is 0 Å². The van der Waals surface area contributed by atoms with E-state index in [-0.39, 0.29) is 0 Å². The van der Waals surface area contributed by atoms with Crippen LogP contribution in [0.2, 0.25) is 0 Å². The smallest absolute Gasteiger partial charge is 0.0972 e. The highest BCUT2D eigenvalue weighted by Gasteiger charge is 2.21. The summed E-state index contributed by atoms with van der Waals surface area (Å²) in [5, 5.41) is 7.45. The number of rotatable bonds is 2. The molecule has 1 saturated heterocycles. The Bertz CT molecular complexity index is 298. The molecule has 1 aromatic rings. The summed E-state index contributed by atoms with van der Waals surface area (Å²) in [6, 6.07) is 0.632. The van der Waals surface area contributed by atoms with Crippen molar-refractivity contribution < 1.29 is 0 Å². The molecule has 1 aliphatic rings. The van der Waals surface area contributed by atoms with Crippen molar-refractivity contribution in [1.82, 2.24) is 10.3 Å². The van der Waals surface area contributed by atoms with Gasteiger partial charge in [-0.2, -0.15) is 0 Å². The van der Waals surface area contributed by atoms with Crippen LogP contribution in [0.1, 0.15) is 36.3 Å². The Morgan fingerprint density at radius 1 is 1.64 bits per heavy atom. The van der Waals surface area contributed by atoms with Crippen LogP contribution in [-0.4, -0.2) is 16.8 Å². The fourth-order valence-corrected chi connectivity index (χ4v) is 3.73. The number of thioether (sulfide) groups is 1. The molecule has 1 aliphatic heterocycles. The molecule has 1 N–H and O–H groups in total. The minimum atomic E-state index is 0.426. The van der Waals surface area contributed by atoms with Gasteiger partial charge in [-0.1, -0.05) is 6.92 Å². The summed E-state index contributed by atoms with van der Waals surface area (Å²) in [4.78, 5) is 4.62. The molecule has 14 heavy (non-hydrogen) atoms. The van der Waals surface area contributed by atoms with Gasteiger partial charge in [0.05, 0.1) is 16.1 Å². The standard InChI is InChI=1S/C10H16N2S2/c1-3-9-12-8(6-14-9)10-11-7(2)4-5-13-10/h6-7,10-11H,3-5H2,1-2H3. The molecule has 2 rings (SSSR count). The molecule has 2 unspecified atom stereocenters. The minimum absolute atomic E-state index is 0.426. The number of aryl methyl sites for hydroxylation is 1. The zero-order valence-corrected chi connectivity index (χ0v) is 10.3. The van der Waals surface area contributed by atoms with E-state index in [2.05, 4.69) is 29.5 Å². The molecule has 1 fully saturated rings. The Labute approximate surface area is 93.5 Å². The maximum atomic E-state index is 4.62. The molecule has 2 atom stereocenters. The molecule has 2 heterocycles. The topological polar surface area (TPSA) is 24.9 Å². The van der Waals surface area contributed by atoms with E-state index in [9.17, 15) is 0 Å². The Kier molecular flexibility index (Phi) is 3.47. The van der Waals surface area contributed by atoms with Crippen molar-refractivity contribution in [3.8, 4) is 0 Å². The molecular weight excluding hydrogens is 212 g/mol. The van der Waals surface area contributed by atoms with Gasteiger partial charge in [-0.3, -0.25) is 5.32 Å². The second-order valence-electron chi connectivity index (χ2n) is 3.63. The summed E-state index contributed by atoms with van der Waals surface area (Å²) in [6.07, 6.45) is 2.32. The monoisotopic (exact) mass is 228 g/mol. The predicted octanol–water partition coefficient (Wildman–Crippen LogP) is 2.82. The number of nitrogens with one attached hydrogen (secondary N) is 1. The molecular formula is C10H16N2S2. The lowest BCUT2D eigenvalue weighted by Gasteiger charge is -2.27. The maximum Gasteiger partial charge on any atom is 0.0972 e. The SMILES string of the molecule is CCc1nc(C2NC(C)CCS2)cs1. The van der Waals surface area contributed by atoms with Gasteiger partial charge < -0.3 is 0 Å². The summed E-state index contributed by atoms with van der Waals surface area (Å²) >= 11 is 3.76. The normalized spacial score (nSPS) is 27.9. The van der Waals surface area contributed by atoms with Crippen molar-refractivity contribution in [2.45, 2.75) is 38.1 Å². The lowest BCUT2D eigenvalue weighted by molar-refractivity contribution is 0.507. The molecule has 0 aliphatic carbocycles.